The summed E-state index contributed by atoms with van der Waals surface area (Å²) >= 11 is 5.46. The molecule has 0 radical (unpaired) electrons. The van der Waals surface area contributed by atoms with Crippen LogP contribution in [0.3, 0.4) is 0 Å². The zero-order valence-corrected chi connectivity index (χ0v) is 15.2. The number of amides is 1. The number of carbonyl (C=O) groups is 1. The number of alkyl halides is 1. The van der Waals surface area contributed by atoms with Crippen LogP contribution in [0.25, 0.3) is 10.8 Å². The molecule has 1 amide bonds. The minimum atomic E-state index is -0.141. The quantitative estimate of drug-likeness (QED) is 0.600. The Labute approximate surface area is 154 Å². The van der Waals surface area contributed by atoms with Gasteiger partial charge in [0.15, 0.2) is 0 Å². The van der Waals surface area contributed by atoms with Gasteiger partial charge in [-0.05, 0) is 37.8 Å². The minimum Gasteiger partial charge on any atom is -0.493 e. The van der Waals surface area contributed by atoms with Gasteiger partial charge in [0.2, 0.25) is 5.91 Å². The Kier molecular flexibility index (Phi) is 6.40. The molecule has 25 heavy (non-hydrogen) atoms. The third-order valence-electron chi connectivity index (χ3n) is 4.58. The average Bonchev–Trinajstić information content (AvgIpc) is 2.68. The van der Waals surface area contributed by atoms with Crippen LogP contribution >= 0.6 is 11.6 Å². The molecular formula is C20H25ClN2O2. The van der Waals surface area contributed by atoms with Crippen molar-refractivity contribution in [3.8, 4) is 5.75 Å². The topological polar surface area (TPSA) is 41.6 Å². The van der Waals surface area contributed by atoms with E-state index >= 15 is 0 Å². The van der Waals surface area contributed by atoms with E-state index in [1.54, 1.807) is 0 Å². The number of rotatable bonds is 7. The Bertz CT molecular complexity index is 714. The number of fused-ring (bicyclic) bond motifs is 1. The van der Waals surface area contributed by atoms with E-state index in [0.717, 1.165) is 30.6 Å². The number of ether oxygens (including phenoxy) is 1. The zero-order chi connectivity index (χ0) is 17.5. The second-order valence-corrected chi connectivity index (χ2v) is 6.63. The predicted octanol–water partition coefficient (Wildman–Crippen LogP) is 3.95. The third-order valence-corrected chi connectivity index (χ3v) is 4.82. The second kappa shape index (κ2) is 8.95. The van der Waals surface area contributed by atoms with Gasteiger partial charge in [-0.1, -0.05) is 24.3 Å². The predicted molar refractivity (Wildman–Crippen MR) is 104 cm³/mol. The Hall–Kier alpha value is -1.94. The Morgan fingerprint density at radius 2 is 1.84 bits per heavy atom. The van der Waals surface area contributed by atoms with Crippen molar-refractivity contribution in [3.63, 3.8) is 0 Å². The number of carbonyl (C=O) groups excluding carboxylic acids is 1. The van der Waals surface area contributed by atoms with Crippen LogP contribution in [0.15, 0.2) is 36.4 Å². The molecule has 4 nitrogen and oxygen atoms in total. The van der Waals surface area contributed by atoms with E-state index in [-0.39, 0.29) is 11.8 Å². The van der Waals surface area contributed by atoms with Crippen LogP contribution in [0.2, 0.25) is 0 Å². The normalized spacial score (nSPS) is 14.5. The van der Waals surface area contributed by atoms with E-state index in [1.807, 2.05) is 0 Å². The second-order valence-electron chi connectivity index (χ2n) is 6.36. The maximum Gasteiger partial charge on any atom is 0.234 e. The fraction of sp³-hybridized carbons (Fsp3) is 0.450. The van der Waals surface area contributed by atoms with Gasteiger partial charge in [-0.2, -0.15) is 0 Å². The van der Waals surface area contributed by atoms with Crippen molar-refractivity contribution >= 4 is 34.0 Å². The summed E-state index contributed by atoms with van der Waals surface area (Å²) in [6, 6.07) is 12.7. The molecule has 1 N–H and O–H groups in total. The first kappa shape index (κ1) is 17.9. The van der Waals surface area contributed by atoms with Crippen LogP contribution in [-0.4, -0.2) is 38.0 Å². The van der Waals surface area contributed by atoms with Crippen molar-refractivity contribution in [2.24, 2.45) is 0 Å². The molecule has 0 bridgehead atoms. The fourth-order valence-corrected chi connectivity index (χ4v) is 3.42. The maximum atomic E-state index is 11.1. The summed E-state index contributed by atoms with van der Waals surface area (Å²) < 4.78 is 5.97. The van der Waals surface area contributed by atoms with Crippen molar-refractivity contribution < 1.29 is 9.53 Å². The van der Waals surface area contributed by atoms with Gasteiger partial charge in [-0.3, -0.25) is 4.79 Å². The highest BCUT2D eigenvalue weighted by Crippen LogP contribution is 2.34. The maximum absolute atomic E-state index is 11.1. The molecule has 0 aromatic heterocycles. The van der Waals surface area contributed by atoms with Gasteiger partial charge in [-0.15, -0.1) is 11.6 Å². The number of piperidine rings is 1. The van der Waals surface area contributed by atoms with Gasteiger partial charge in [0.05, 0.1) is 6.61 Å². The van der Waals surface area contributed by atoms with Crippen LogP contribution < -0.4 is 15.0 Å². The fourth-order valence-electron chi connectivity index (χ4n) is 3.32. The van der Waals surface area contributed by atoms with Gasteiger partial charge in [0.25, 0.3) is 0 Å². The van der Waals surface area contributed by atoms with Gasteiger partial charge >= 0.3 is 0 Å². The number of halogens is 1. The molecule has 2 aromatic rings. The Balaban J connectivity index is 1.68. The molecule has 0 spiro atoms. The standard InChI is InChI=1S/C20H25ClN2O2/c21-15-20(24)22-11-6-14-25-19-10-9-18(23-12-4-1-5-13-23)16-7-2-3-8-17(16)19/h2-3,7-10H,1,4-6,11-15H2,(H,22,24). The molecule has 0 aliphatic carbocycles. The largest absolute Gasteiger partial charge is 0.493 e. The van der Waals surface area contributed by atoms with E-state index in [2.05, 4.69) is 46.6 Å². The lowest BCUT2D eigenvalue weighted by atomic mass is 10.0. The Morgan fingerprint density at radius 3 is 2.60 bits per heavy atom. The van der Waals surface area contributed by atoms with E-state index in [4.69, 9.17) is 16.3 Å². The number of hydrogen-bond acceptors (Lipinski definition) is 3. The SMILES string of the molecule is O=C(CCl)NCCCOc1ccc(N2CCCCC2)c2ccccc12. The first-order chi connectivity index (χ1) is 12.3. The smallest absolute Gasteiger partial charge is 0.234 e. The van der Waals surface area contributed by atoms with Gasteiger partial charge in [-0.25, -0.2) is 0 Å². The molecule has 134 valence electrons. The van der Waals surface area contributed by atoms with Crippen molar-refractivity contribution in [3.05, 3.63) is 36.4 Å². The molecule has 1 saturated heterocycles. The van der Waals surface area contributed by atoms with Crippen molar-refractivity contribution in [1.82, 2.24) is 5.32 Å². The molecule has 0 saturated carbocycles. The average molecular weight is 361 g/mol. The van der Waals surface area contributed by atoms with E-state index in [9.17, 15) is 4.79 Å². The molecule has 0 unspecified atom stereocenters. The van der Waals surface area contributed by atoms with Gasteiger partial charge < -0.3 is 15.0 Å². The Morgan fingerprint density at radius 1 is 1.08 bits per heavy atom. The van der Waals surface area contributed by atoms with Crippen LogP contribution in [-0.2, 0) is 4.79 Å². The van der Waals surface area contributed by atoms with E-state index in [0.29, 0.717) is 13.2 Å². The number of nitrogens with zero attached hydrogens (tertiary/aromatic N) is 1. The zero-order valence-electron chi connectivity index (χ0n) is 14.5. The highest BCUT2D eigenvalue weighted by atomic mass is 35.5. The first-order valence-corrected chi connectivity index (χ1v) is 9.55. The third kappa shape index (κ3) is 4.57. The number of benzene rings is 2. The van der Waals surface area contributed by atoms with Crippen LogP contribution in [0, 0.1) is 0 Å². The van der Waals surface area contributed by atoms with Crippen LogP contribution in [0.5, 0.6) is 5.75 Å². The van der Waals surface area contributed by atoms with E-state index in [1.165, 1.54) is 30.3 Å². The number of anilines is 1. The van der Waals surface area contributed by atoms with Crippen molar-refractivity contribution in [2.75, 3.05) is 37.0 Å². The van der Waals surface area contributed by atoms with Gasteiger partial charge in [0, 0.05) is 36.1 Å². The molecule has 5 heteroatoms. The molecule has 1 heterocycles. The van der Waals surface area contributed by atoms with Gasteiger partial charge in [0.1, 0.15) is 11.6 Å². The molecule has 0 atom stereocenters. The lowest BCUT2D eigenvalue weighted by Crippen LogP contribution is -2.29. The molecule has 3 rings (SSSR count). The molecule has 2 aromatic carbocycles. The summed E-state index contributed by atoms with van der Waals surface area (Å²) in [5.74, 6) is 0.765. The monoisotopic (exact) mass is 360 g/mol. The highest BCUT2D eigenvalue weighted by Gasteiger charge is 2.15. The molecule has 1 aliphatic rings. The summed E-state index contributed by atoms with van der Waals surface area (Å²) in [6.07, 6.45) is 4.61. The van der Waals surface area contributed by atoms with E-state index < -0.39 is 0 Å². The summed E-state index contributed by atoms with van der Waals surface area (Å²) in [7, 11) is 0. The summed E-state index contributed by atoms with van der Waals surface area (Å²) in [6.45, 7) is 3.40. The molecular weight excluding hydrogens is 336 g/mol. The van der Waals surface area contributed by atoms with Crippen LogP contribution in [0.4, 0.5) is 5.69 Å². The number of hydrogen-bond donors (Lipinski definition) is 1. The highest BCUT2D eigenvalue weighted by molar-refractivity contribution is 6.27. The van der Waals surface area contributed by atoms with Crippen molar-refractivity contribution in [1.29, 1.82) is 0 Å². The molecule has 1 aliphatic heterocycles. The lowest BCUT2D eigenvalue weighted by Gasteiger charge is -2.30. The summed E-state index contributed by atoms with van der Waals surface area (Å²) in [5, 5.41) is 5.15. The first-order valence-electron chi connectivity index (χ1n) is 9.02. The van der Waals surface area contributed by atoms with Crippen LogP contribution in [0.1, 0.15) is 25.7 Å². The minimum absolute atomic E-state index is 0.00343. The molecule has 1 fully saturated rings. The summed E-state index contributed by atoms with van der Waals surface area (Å²) in [4.78, 5) is 13.6. The summed E-state index contributed by atoms with van der Waals surface area (Å²) in [5.41, 5.74) is 1.30. The van der Waals surface area contributed by atoms with Crippen molar-refractivity contribution in [2.45, 2.75) is 25.7 Å². The lowest BCUT2D eigenvalue weighted by molar-refractivity contribution is -0.118. The number of nitrogens with one attached hydrogen (secondary N) is 1.